The lowest BCUT2D eigenvalue weighted by molar-refractivity contribution is -0.128. The number of hydrogen-bond donors (Lipinski definition) is 1. The molecule has 0 saturated carbocycles. The Bertz CT molecular complexity index is 449. The second-order valence-corrected chi connectivity index (χ2v) is 5.38. The molecule has 3 heteroatoms. The maximum atomic E-state index is 11.9. The van der Waals surface area contributed by atoms with E-state index < -0.39 is 11.5 Å². The van der Waals surface area contributed by atoms with E-state index in [9.17, 15) is 4.79 Å². The fourth-order valence-corrected chi connectivity index (χ4v) is 1.48. The predicted octanol–water partition coefficient (Wildman–Crippen LogP) is 2.98. The van der Waals surface area contributed by atoms with Crippen molar-refractivity contribution in [1.82, 2.24) is 5.32 Å². The summed E-state index contributed by atoms with van der Waals surface area (Å²) in [6, 6.07) is 9.32. The quantitative estimate of drug-likeness (QED) is 0.888. The molecule has 1 N–H and O–H groups in total. The van der Waals surface area contributed by atoms with E-state index in [1.807, 2.05) is 45.0 Å². The number of carbonyl (C=O) groups is 1. The molecule has 1 amide bonds. The summed E-state index contributed by atoms with van der Waals surface area (Å²) in [5.74, 6) is -0.117. The van der Waals surface area contributed by atoms with Gasteiger partial charge in [0.15, 0.2) is 0 Å². The van der Waals surface area contributed by atoms with Crippen LogP contribution >= 0.6 is 0 Å². The number of nitriles is 1. The van der Waals surface area contributed by atoms with Crippen molar-refractivity contribution >= 4 is 5.91 Å². The zero-order valence-electron chi connectivity index (χ0n) is 11.4. The van der Waals surface area contributed by atoms with Crippen LogP contribution in [0.4, 0.5) is 0 Å². The van der Waals surface area contributed by atoms with Crippen molar-refractivity contribution in [2.45, 2.75) is 40.2 Å². The van der Waals surface area contributed by atoms with Gasteiger partial charge in [-0.25, -0.2) is 0 Å². The molecule has 1 aromatic rings. The van der Waals surface area contributed by atoms with Crippen LogP contribution in [0.2, 0.25) is 0 Å². The number of nitrogens with zero attached hydrogens (tertiary/aromatic N) is 1. The first-order chi connectivity index (χ1) is 8.38. The minimum Gasteiger partial charge on any atom is -0.336 e. The van der Waals surface area contributed by atoms with Crippen LogP contribution in [0, 0.1) is 16.7 Å². The van der Waals surface area contributed by atoms with Gasteiger partial charge in [0.05, 0.1) is 6.07 Å². The number of hydrogen-bond acceptors (Lipinski definition) is 2. The van der Waals surface area contributed by atoms with E-state index >= 15 is 0 Å². The molecule has 1 aromatic carbocycles. The van der Waals surface area contributed by atoms with Crippen LogP contribution in [-0.2, 0) is 11.2 Å². The second kappa shape index (κ2) is 5.68. The van der Waals surface area contributed by atoms with Gasteiger partial charge in [-0.2, -0.15) is 5.26 Å². The van der Waals surface area contributed by atoms with Crippen LogP contribution in [-0.4, -0.2) is 5.91 Å². The first kappa shape index (κ1) is 14.2. The van der Waals surface area contributed by atoms with Gasteiger partial charge >= 0.3 is 0 Å². The molecule has 0 spiro atoms. The minimum atomic E-state index is -0.581. The van der Waals surface area contributed by atoms with Gasteiger partial charge < -0.3 is 5.32 Å². The largest absolute Gasteiger partial charge is 0.336 e. The molecule has 0 aliphatic rings. The van der Waals surface area contributed by atoms with Gasteiger partial charge in [-0.05, 0) is 17.5 Å². The fraction of sp³-hybridized carbons (Fsp3) is 0.467. The zero-order chi connectivity index (χ0) is 13.8. The van der Waals surface area contributed by atoms with Gasteiger partial charge in [-0.1, -0.05) is 52.0 Å². The van der Waals surface area contributed by atoms with E-state index in [2.05, 4.69) is 18.3 Å². The summed E-state index contributed by atoms with van der Waals surface area (Å²) in [4.78, 5) is 11.9. The monoisotopic (exact) mass is 244 g/mol. The Morgan fingerprint density at radius 3 is 2.28 bits per heavy atom. The lowest BCUT2D eigenvalue weighted by Crippen LogP contribution is -2.36. The summed E-state index contributed by atoms with van der Waals surface area (Å²) in [6.07, 6.45) is 0.964. The van der Waals surface area contributed by atoms with E-state index in [1.165, 1.54) is 5.56 Å². The lowest BCUT2D eigenvalue weighted by atomic mass is 9.94. The molecule has 0 fully saturated rings. The topological polar surface area (TPSA) is 52.9 Å². The van der Waals surface area contributed by atoms with E-state index in [0.29, 0.717) is 0 Å². The van der Waals surface area contributed by atoms with E-state index in [-0.39, 0.29) is 5.91 Å². The Morgan fingerprint density at radius 1 is 1.33 bits per heavy atom. The average Bonchev–Trinajstić information content (AvgIpc) is 2.34. The number of aryl methyl sites for hydroxylation is 1. The molecule has 1 rings (SSSR count). The van der Waals surface area contributed by atoms with E-state index in [4.69, 9.17) is 5.26 Å². The Morgan fingerprint density at radius 2 is 1.89 bits per heavy atom. The molecular formula is C15H20N2O. The Balaban J connectivity index is 2.84. The van der Waals surface area contributed by atoms with Crippen LogP contribution in [0.5, 0.6) is 0 Å². The maximum absolute atomic E-state index is 11.9. The summed E-state index contributed by atoms with van der Waals surface area (Å²) in [7, 11) is 0. The van der Waals surface area contributed by atoms with Crippen molar-refractivity contribution in [3.8, 4) is 6.07 Å². The van der Waals surface area contributed by atoms with Gasteiger partial charge in [-0.3, -0.25) is 4.79 Å². The molecule has 0 bridgehead atoms. The van der Waals surface area contributed by atoms with Crippen molar-refractivity contribution in [3.05, 3.63) is 35.4 Å². The Labute approximate surface area is 109 Å². The molecule has 96 valence electrons. The second-order valence-electron chi connectivity index (χ2n) is 5.38. The number of amides is 1. The van der Waals surface area contributed by atoms with Crippen LogP contribution in [0.1, 0.15) is 44.9 Å². The zero-order valence-corrected chi connectivity index (χ0v) is 11.4. The van der Waals surface area contributed by atoms with Crippen molar-refractivity contribution in [3.63, 3.8) is 0 Å². The molecule has 0 saturated heterocycles. The normalized spacial score (nSPS) is 12.6. The molecule has 0 aromatic heterocycles. The van der Waals surface area contributed by atoms with Crippen molar-refractivity contribution in [2.75, 3.05) is 0 Å². The first-order valence-corrected chi connectivity index (χ1v) is 6.18. The summed E-state index contributed by atoms with van der Waals surface area (Å²) in [5, 5.41) is 11.9. The molecule has 0 aliphatic carbocycles. The number of rotatable bonds is 3. The molecule has 0 aliphatic heterocycles. The molecule has 0 heterocycles. The highest BCUT2D eigenvalue weighted by molar-refractivity contribution is 5.82. The summed E-state index contributed by atoms with van der Waals surface area (Å²) >= 11 is 0. The van der Waals surface area contributed by atoms with Crippen molar-refractivity contribution in [2.24, 2.45) is 5.41 Å². The van der Waals surface area contributed by atoms with E-state index in [1.54, 1.807) is 0 Å². The maximum Gasteiger partial charge on any atom is 0.226 e. The highest BCUT2D eigenvalue weighted by Gasteiger charge is 2.24. The SMILES string of the molecule is CCc1ccc(C(C#N)NC(=O)C(C)(C)C)cc1. The average molecular weight is 244 g/mol. The molecular weight excluding hydrogens is 224 g/mol. The number of carbonyl (C=O) groups excluding carboxylic acids is 1. The third-order valence-electron chi connectivity index (χ3n) is 2.81. The fourth-order valence-electron chi connectivity index (χ4n) is 1.48. The number of nitrogens with one attached hydrogen (secondary N) is 1. The molecule has 18 heavy (non-hydrogen) atoms. The van der Waals surface area contributed by atoms with Crippen LogP contribution < -0.4 is 5.32 Å². The molecule has 1 atom stereocenters. The third kappa shape index (κ3) is 3.59. The van der Waals surface area contributed by atoms with Gasteiger partial charge in [0, 0.05) is 5.41 Å². The lowest BCUT2D eigenvalue weighted by Gasteiger charge is -2.20. The molecule has 0 radical (unpaired) electrons. The summed E-state index contributed by atoms with van der Waals surface area (Å²) in [5.41, 5.74) is 1.56. The standard InChI is InChI=1S/C15H20N2O/c1-5-11-6-8-12(9-7-11)13(10-16)17-14(18)15(2,3)4/h6-9,13H,5H2,1-4H3,(H,17,18). The minimum absolute atomic E-state index is 0.117. The predicted molar refractivity (Wildman–Crippen MR) is 71.8 cm³/mol. The van der Waals surface area contributed by atoms with Gasteiger partial charge in [0.25, 0.3) is 0 Å². The number of benzene rings is 1. The summed E-state index contributed by atoms with van der Waals surface area (Å²) in [6.45, 7) is 7.57. The smallest absolute Gasteiger partial charge is 0.226 e. The van der Waals surface area contributed by atoms with Crippen LogP contribution in [0.15, 0.2) is 24.3 Å². The van der Waals surface area contributed by atoms with Crippen LogP contribution in [0.3, 0.4) is 0 Å². The van der Waals surface area contributed by atoms with Gasteiger partial charge in [0.2, 0.25) is 5.91 Å². The molecule has 3 nitrogen and oxygen atoms in total. The Kier molecular flexibility index (Phi) is 4.49. The first-order valence-electron chi connectivity index (χ1n) is 6.18. The highest BCUT2D eigenvalue weighted by Crippen LogP contribution is 2.18. The summed E-state index contributed by atoms with van der Waals surface area (Å²) < 4.78 is 0. The van der Waals surface area contributed by atoms with Crippen LogP contribution in [0.25, 0.3) is 0 Å². The van der Waals surface area contributed by atoms with Gasteiger partial charge in [-0.15, -0.1) is 0 Å². The van der Waals surface area contributed by atoms with E-state index in [0.717, 1.165) is 12.0 Å². The highest BCUT2D eigenvalue weighted by atomic mass is 16.2. The van der Waals surface area contributed by atoms with Crippen molar-refractivity contribution < 1.29 is 4.79 Å². The van der Waals surface area contributed by atoms with Gasteiger partial charge in [0.1, 0.15) is 6.04 Å². The Hall–Kier alpha value is -1.82. The van der Waals surface area contributed by atoms with Crippen molar-refractivity contribution in [1.29, 1.82) is 5.26 Å². The molecule has 1 unspecified atom stereocenters. The third-order valence-corrected chi connectivity index (χ3v) is 2.81.